The Morgan fingerprint density at radius 3 is 3.00 bits per heavy atom. The molecule has 1 aromatic rings. The van der Waals surface area contributed by atoms with Crippen LogP contribution in [0.3, 0.4) is 0 Å². The van der Waals surface area contributed by atoms with E-state index >= 15 is 0 Å². The minimum Gasteiger partial charge on any atom is -0.377 e. The van der Waals surface area contributed by atoms with Gasteiger partial charge in [-0.3, -0.25) is 10.1 Å². The van der Waals surface area contributed by atoms with Gasteiger partial charge >= 0.3 is 0 Å². The Hall–Kier alpha value is -1.46. The first-order valence-electron chi connectivity index (χ1n) is 6.48. The molecule has 0 spiro atoms. The third-order valence-electron chi connectivity index (χ3n) is 3.03. The van der Waals surface area contributed by atoms with Gasteiger partial charge in [-0.15, -0.1) is 0 Å². The van der Waals surface area contributed by atoms with E-state index in [1.54, 1.807) is 11.0 Å². The van der Waals surface area contributed by atoms with Crippen LogP contribution in [0.5, 0.6) is 0 Å². The van der Waals surface area contributed by atoms with Crippen molar-refractivity contribution in [2.75, 3.05) is 19.7 Å². The zero-order valence-electron chi connectivity index (χ0n) is 11.2. The van der Waals surface area contributed by atoms with Crippen LogP contribution in [0, 0.1) is 5.82 Å². The highest BCUT2D eigenvalue weighted by Gasteiger charge is 2.31. The largest absolute Gasteiger partial charge is 0.377 e. The van der Waals surface area contributed by atoms with E-state index in [0.29, 0.717) is 13.2 Å². The average molecular weight is 266 g/mol. The summed E-state index contributed by atoms with van der Waals surface area (Å²) in [5.74, 6) is -0.279. The van der Waals surface area contributed by atoms with Crippen LogP contribution in [-0.2, 0) is 9.53 Å². The van der Waals surface area contributed by atoms with Crippen LogP contribution in [0.4, 0.5) is 4.39 Å². The van der Waals surface area contributed by atoms with Crippen molar-refractivity contribution >= 4 is 5.91 Å². The first-order chi connectivity index (χ1) is 9.08. The lowest BCUT2D eigenvalue weighted by atomic mass is 10.1. The van der Waals surface area contributed by atoms with Crippen molar-refractivity contribution in [3.8, 4) is 0 Å². The molecule has 1 fully saturated rings. The molecule has 1 saturated heterocycles. The Balaban J connectivity index is 2.04. The Kier molecular flexibility index (Phi) is 4.50. The molecule has 1 aliphatic heterocycles. The van der Waals surface area contributed by atoms with Crippen molar-refractivity contribution in [2.45, 2.75) is 26.1 Å². The van der Waals surface area contributed by atoms with Crippen LogP contribution in [-0.4, -0.2) is 36.6 Å². The summed E-state index contributed by atoms with van der Waals surface area (Å²) in [6.07, 6.45) is -0.128. The van der Waals surface area contributed by atoms with Crippen LogP contribution in [0.1, 0.15) is 25.6 Å². The zero-order valence-corrected chi connectivity index (χ0v) is 11.2. The number of amides is 1. The number of hydrogen-bond donors (Lipinski definition) is 1. The molecule has 0 aromatic heterocycles. The second-order valence-corrected chi connectivity index (χ2v) is 4.85. The maximum absolute atomic E-state index is 13.2. The number of benzene rings is 1. The molecule has 4 nitrogen and oxygen atoms in total. The van der Waals surface area contributed by atoms with Crippen molar-refractivity contribution < 1.29 is 13.9 Å². The topological polar surface area (TPSA) is 41.6 Å². The Bertz CT molecular complexity index is 451. The SMILES string of the molecule is CC(C)OCCN1C(=O)CNC1c1cccc(F)c1. The summed E-state index contributed by atoms with van der Waals surface area (Å²) in [4.78, 5) is 13.5. The molecular weight excluding hydrogens is 247 g/mol. The van der Waals surface area contributed by atoms with Crippen LogP contribution in [0.15, 0.2) is 24.3 Å². The van der Waals surface area contributed by atoms with Gasteiger partial charge in [-0.2, -0.15) is 0 Å². The summed E-state index contributed by atoms with van der Waals surface area (Å²) >= 11 is 0. The van der Waals surface area contributed by atoms with Gasteiger partial charge in [-0.25, -0.2) is 4.39 Å². The number of ether oxygens (including phenoxy) is 1. The molecule has 5 heteroatoms. The smallest absolute Gasteiger partial charge is 0.238 e. The summed E-state index contributed by atoms with van der Waals surface area (Å²) in [7, 11) is 0. The summed E-state index contributed by atoms with van der Waals surface area (Å²) in [6.45, 7) is 5.17. The number of halogens is 1. The van der Waals surface area contributed by atoms with Crippen LogP contribution >= 0.6 is 0 Å². The van der Waals surface area contributed by atoms with E-state index in [-0.39, 0.29) is 30.5 Å². The predicted molar refractivity (Wildman–Crippen MR) is 69.9 cm³/mol. The van der Waals surface area contributed by atoms with Crippen molar-refractivity contribution in [3.63, 3.8) is 0 Å². The molecule has 1 N–H and O–H groups in total. The van der Waals surface area contributed by atoms with Gasteiger partial charge in [0, 0.05) is 6.54 Å². The molecule has 0 aliphatic carbocycles. The van der Waals surface area contributed by atoms with E-state index in [4.69, 9.17) is 4.74 Å². The van der Waals surface area contributed by atoms with Gasteiger partial charge in [0.1, 0.15) is 12.0 Å². The second kappa shape index (κ2) is 6.12. The number of carbonyl (C=O) groups is 1. The quantitative estimate of drug-likeness (QED) is 0.881. The normalized spacial score (nSPS) is 19.5. The lowest BCUT2D eigenvalue weighted by Crippen LogP contribution is -2.33. The van der Waals surface area contributed by atoms with Gasteiger partial charge in [0.2, 0.25) is 5.91 Å². The number of nitrogens with zero attached hydrogens (tertiary/aromatic N) is 1. The molecule has 2 rings (SSSR count). The van der Waals surface area contributed by atoms with Crippen LogP contribution in [0.25, 0.3) is 0 Å². The molecule has 1 heterocycles. The van der Waals surface area contributed by atoms with Crippen molar-refractivity contribution in [1.82, 2.24) is 10.2 Å². The lowest BCUT2D eigenvalue weighted by molar-refractivity contribution is -0.129. The van der Waals surface area contributed by atoms with Crippen LogP contribution < -0.4 is 5.32 Å². The molecule has 19 heavy (non-hydrogen) atoms. The Morgan fingerprint density at radius 1 is 1.53 bits per heavy atom. The fraction of sp³-hybridized carbons (Fsp3) is 0.500. The zero-order chi connectivity index (χ0) is 13.8. The average Bonchev–Trinajstić information content (AvgIpc) is 2.71. The summed E-state index contributed by atoms with van der Waals surface area (Å²) in [5, 5.41) is 3.09. The van der Waals surface area contributed by atoms with Crippen molar-refractivity contribution in [2.24, 2.45) is 0 Å². The van der Waals surface area contributed by atoms with Gasteiger partial charge < -0.3 is 9.64 Å². The fourth-order valence-electron chi connectivity index (χ4n) is 2.15. The van der Waals surface area contributed by atoms with Gasteiger partial charge in [-0.1, -0.05) is 12.1 Å². The maximum Gasteiger partial charge on any atom is 0.238 e. The van der Waals surface area contributed by atoms with Gasteiger partial charge in [0.15, 0.2) is 0 Å². The summed E-state index contributed by atoms with van der Waals surface area (Å²) < 4.78 is 18.7. The molecule has 1 atom stereocenters. The van der Waals surface area contributed by atoms with E-state index < -0.39 is 0 Å². The first kappa shape index (κ1) is 14.0. The van der Waals surface area contributed by atoms with Crippen molar-refractivity contribution in [3.05, 3.63) is 35.6 Å². The third kappa shape index (κ3) is 3.52. The highest BCUT2D eigenvalue weighted by Crippen LogP contribution is 2.22. The second-order valence-electron chi connectivity index (χ2n) is 4.85. The molecule has 1 aromatic carbocycles. The lowest BCUT2D eigenvalue weighted by Gasteiger charge is -2.25. The molecule has 1 amide bonds. The molecular formula is C14H19FN2O2. The van der Waals surface area contributed by atoms with Crippen molar-refractivity contribution in [1.29, 1.82) is 0 Å². The standard InChI is InChI=1S/C14H19FN2O2/c1-10(2)19-7-6-17-13(18)9-16-14(17)11-4-3-5-12(15)8-11/h3-5,8,10,14,16H,6-7,9H2,1-2H3. The van der Waals surface area contributed by atoms with Gasteiger partial charge in [-0.05, 0) is 31.5 Å². The molecule has 0 radical (unpaired) electrons. The minimum atomic E-state index is -0.294. The number of rotatable bonds is 5. The first-order valence-corrected chi connectivity index (χ1v) is 6.48. The van der Waals surface area contributed by atoms with E-state index in [9.17, 15) is 9.18 Å². The summed E-state index contributed by atoms with van der Waals surface area (Å²) in [5.41, 5.74) is 0.760. The maximum atomic E-state index is 13.2. The van der Waals surface area contributed by atoms with Crippen LogP contribution in [0.2, 0.25) is 0 Å². The molecule has 0 bridgehead atoms. The fourth-order valence-corrected chi connectivity index (χ4v) is 2.15. The van der Waals surface area contributed by atoms with E-state index in [1.165, 1.54) is 12.1 Å². The minimum absolute atomic E-state index is 0.0154. The monoisotopic (exact) mass is 266 g/mol. The highest BCUT2D eigenvalue weighted by molar-refractivity contribution is 5.80. The van der Waals surface area contributed by atoms with Gasteiger partial charge in [0.25, 0.3) is 0 Å². The molecule has 0 saturated carbocycles. The predicted octanol–water partition coefficient (Wildman–Crippen LogP) is 1.68. The summed E-state index contributed by atoms with van der Waals surface area (Å²) in [6, 6.07) is 6.31. The van der Waals surface area contributed by atoms with E-state index in [2.05, 4.69) is 5.32 Å². The highest BCUT2D eigenvalue weighted by atomic mass is 19.1. The Morgan fingerprint density at radius 2 is 2.32 bits per heavy atom. The number of hydrogen-bond acceptors (Lipinski definition) is 3. The number of carbonyl (C=O) groups excluding carboxylic acids is 1. The molecule has 1 unspecified atom stereocenters. The Labute approximate surface area is 112 Å². The van der Waals surface area contributed by atoms with E-state index in [0.717, 1.165) is 5.56 Å². The van der Waals surface area contributed by atoms with E-state index in [1.807, 2.05) is 19.9 Å². The molecule has 1 aliphatic rings. The third-order valence-corrected chi connectivity index (χ3v) is 3.03. The van der Waals surface area contributed by atoms with Gasteiger partial charge in [0.05, 0.1) is 19.3 Å². The molecule has 104 valence electrons. The number of nitrogens with one attached hydrogen (secondary N) is 1.